The van der Waals surface area contributed by atoms with Crippen molar-refractivity contribution >= 4 is 23.5 Å². The molecule has 1 aromatic carbocycles. The molecule has 0 bridgehead atoms. The van der Waals surface area contributed by atoms with E-state index in [1.54, 1.807) is 12.1 Å². The zero-order chi connectivity index (χ0) is 15.0. The van der Waals surface area contributed by atoms with Crippen LogP contribution in [0.4, 0.5) is 0 Å². The molecular weight excluding hydrogens is 278 g/mol. The highest BCUT2D eigenvalue weighted by Crippen LogP contribution is 2.19. The van der Waals surface area contributed by atoms with Crippen LogP contribution in [0.25, 0.3) is 0 Å². The standard InChI is InChI=1S/C15H20ClNO3/c1-11(12-6-5-7-13(16)10-12)15(20)17-9-4-2-3-8-14(18)19/h5-7,10-11H,2-4,8-9H2,1H3,(H,17,20)(H,18,19). The number of amides is 1. The fraction of sp³-hybridized carbons (Fsp3) is 0.467. The van der Waals surface area contributed by atoms with E-state index in [1.165, 1.54) is 0 Å². The molecule has 0 saturated carbocycles. The van der Waals surface area contributed by atoms with Crippen LogP contribution < -0.4 is 5.32 Å². The fourth-order valence-corrected chi connectivity index (χ4v) is 2.07. The van der Waals surface area contributed by atoms with Gasteiger partial charge in [-0.1, -0.05) is 30.2 Å². The maximum Gasteiger partial charge on any atom is 0.303 e. The van der Waals surface area contributed by atoms with E-state index in [1.807, 2.05) is 19.1 Å². The molecule has 0 aromatic heterocycles. The first-order chi connectivity index (χ1) is 9.50. The summed E-state index contributed by atoms with van der Waals surface area (Å²) in [5.41, 5.74) is 0.890. The highest BCUT2D eigenvalue weighted by molar-refractivity contribution is 6.30. The summed E-state index contributed by atoms with van der Waals surface area (Å²) in [5, 5.41) is 12.0. The molecule has 4 nitrogen and oxygen atoms in total. The maximum atomic E-state index is 11.9. The number of rotatable bonds is 8. The Hall–Kier alpha value is -1.55. The van der Waals surface area contributed by atoms with Crippen molar-refractivity contribution in [1.29, 1.82) is 0 Å². The Labute approximate surface area is 124 Å². The SMILES string of the molecule is CC(C(=O)NCCCCCC(=O)O)c1cccc(Cl)c1. The van der Waals surface area contributed by atoms with Gasteiger partial charge in [0.25, 0.3) is 0 Å². The van der Waals surface area contributed by atoms with E-state index < -0.39 is 5.97 Å². The fourth-order valence-electron chi connectivity index (χ4n) is 1.87. The van der Waals surface area contributed by atoms with Gasteiger partial charge in [-0.15, -0.1) is 0 Å². The zero-order valence-corrected chi connectivity index (χ0v) is 12.3. The second-order valence-electron chi connectivity index (χ2n) is 4.77. The van der Waals surface area contributed by atoms with Crippen LogP contribution in [0.2, 0.25) is 5.02 Å². The highest BCUT2D eigenvalue weighted by atomic mass is 35.5. The van der Waals surface area contributed by atoms with Crippen LogP contribution >= 0.6 is 11.6 Å². The third kappa shape index (κ3) is 6.06. The number of carboxylic acid groups (broad SMARTS) is 1. The lowest BCUT2D eigenvalue weighted by Gasteiger charge is -2.12. The largest absolute Gasteiger partial charge is 0.481 e. The molecule has 1 rings (SSSR count). The molecule has 1 unspecified atom stereocenters. The molecule has 0 heterocycles. The Morgan fingerprint density at radius 2 is 2.05 bits per heavy atom. The number of hydrogen-bond acceptors (Lipinski definition) is 2. The predicted octanol–water partition coefficient (Wildman–Crippen LogP) is 3.20. The summed E-state index contributed by atoms with van der Waals surface area (Å²) in [6.45, 7) is 2.41. The van der Waals surface area contributed by atoms with Crippen LogP contribution in [0.5, 0.6) is 0 Å². The first-order valence-electron chi connectivity index (χ1n) is 6.75. The monoisotopic (exact) mass is 297 g/mol. The summed E-state index contributed by atoms with van der Waals surface area (Å²) in [4.78, 5) is 22.3. The number of halogens is 1. The van der Waals surface area contributed by atoms with Crippen LogP contribution in [0.1, 0.15) is 44.1 Å². The van der Waals surface area contributed by atoms with Crippen LogP contribution in [-0.4, -0.2) is 23.5 Å². The van der Waals surface area contributed by atoms with Crippen molar-refractivity contribution in [3.8, 4) is 0 Å². The van der Waals surface area contributed by atoms with Crippen molar-refractivity contribution in [1.82, 2.24) is 5.32 Å². The minimum absolute atomic E-state index is 0.0366. The van der Waals surface area contributed by atoms with Crippen LogP contribution in [0.3, 0.4) is 0 Å². The number of carbonyl (C=O) groups is 2. The summed E-state index contributed by atoms with van der Waals surface area (Å²) in [7, 11) is 0. The topological polar surface area (TPSA) is 66.4 Å². The van der Waals surface area contributed by atoms with E-state index in [2.05, 4.69) is 5.32 Å². The average molecular weight is 298 g/mol. The second kappa shape index (κ2) is 8.59. The van der Waals surface area contributed by atoms with Gasteiger partial charge in [-0.05, 0) is 37.5 Å². The average Bonchev–Trinajstić information content (AvgIpc) is 2.41. The summed E-state index contributed by atoms with van der Waals surface area (Å²) < 4.78 is 0. The summed E-state index contributed by atoms with van der Waals surface area (Å²) in [6, 6.07) is 7.27. The quantitative estimate of drug-likeness (QED) is 0.724. The lowest BCUT2D eigenvalue weighted by molar-refractivity contribution is -0.137. The molecule has 0 fully saturated rings. The van der Waals surface area contributed by atoms with Crippen LogP contribution in [0, 0.1) is 0 Å². The smallest absolute Gasteiger partial charge is 0.303 e. The van der Waals surface area contributed by atoms with E-state index in [0.717, 1.165) is 18.4 Å². The van der Waals surface area contributed by atoms with Crippen LogP contribution in [0.15, 0.2) is 24.3 Å². The number of aliphatic carboxylic acids is 1. The van der Waals surface area contributed by atoms with Gasteiger partial charge in [-0.2, -0.15) is 0 Å². The first kappa shape index (κ1) is 16.5. The third-order valence-corrected chi connectivity index (χ3v) is 3.34. The van der Waals surface area contributed by atoms with Gasteiger partial charge in [0.05, 0.1) is 5.92 Å². The molecule has 1 amide bonds. The lowest BCUT2D eigenvalue weighted by atomic mass is 10.0. The molecule has 0 radical (unpaired) electrons. The molecule has 5 heteroatoms. The van der Waals surface area contributed by atoms with E-state index in [4.69, 9.17) is 16.7 Å². The van der Waals surface area contributed by atoms with Crippen molar-refractivity contribution in [3.63, 3.8) is 0 Å². The van der Waals surface area contributed by atoms with Gasteiger partial charge in [0, 0.05) is 18.0 Å². The van der Waals surface area contributed by atoms with E-state index in [0.29, 0.717) is 18.0 Å². The molecule has 0 spiro atoms. The van der Waals surface area contributed by atoms with E-state index in [9.17, 15) is 9.59 Å². The molecule has 1 aromatic rings. The highest BCUT2D eigenvalue weighted by Gasteiger charge is 2.14. The Morgan fingerprint density at radius 1 is 1.30 bits per heavy atom. The van der Waals surface area contributed by atoms with Gasteiger partial charge in [0.2, 0.25) is 5.91 Å². The lowest BCUT2D eigenvalue weighted by Crippen LogP contribution is -2.28. The van der Waals surface area contributed by atoms with Gasteiger partial charge in [0.1, 0.15) is 0 Å². The van der Waals surface area contributed by atoms with Crippen molar-refractivity contribution in [2.75, 3.05) is 6.54 Å². The van der Waals surface area contributed by atoms with Crippen molar-refractivity contribution in [3.05, 3.63) is 34.9 Å². The number of hydrogen-bond donors (Lipinski definition) is 2. The number of carboxylic acids is 1. The van der Waals surface area contributed by atoms with Gasteiger partial charge >= 0.3 is 5.97 Å². The molecule has 0 saturated heterocycles. The minimum atomic E-state index is -0.774. The number of benzene rings is 1. The first-order valence-corrected chi connectivity index (χ1v) is 7.13. The Morgan fingerprint density at radius 3 is 2.70 bits per heavy atom. The molecule has 0 aliphatic rings. The number of nitrogens with one attached hydrogen (secondary N) is 1. The van der Waals surface area contributed by atoms with Gasteiger partial charge in [-0.3, -0.25) is 9.59 Å². The third-order valence-electron chi connectivity index (χ3n) is 3.11. The van der Waals surface area contributed by atoms with E-state index >= 15 is 0 Å². The summed E-state index contributed by atoms with van der Waals surface area (Å²) in [5.74, 6) is -1.05. The molecule has 0 aliphatic heterocycles. The Bertz CT molecular complexity index is 462. The van der Waals surface area contributed by atoms with Gasteiger partial charge in [-0.25, -0.2) is 0 Å². The Kier molecular flexibility index (Phi) is 7.09. The number of carbonyl (C=O) groups excluding carboxylic acids is 1. The molecule has 1 atom stereocenters. The zero-order valence-electron chi connectivity index (χ0n) is 11.6. The second-order valence-corrected chi connectivity index (χ2v) is 5.21. The molecule has 0 aliphatic carbocycles. The van der Waals surface area contributed by atoms with Crippen molar-refractivity contribution in [2.24, 2.45) is 0 Å². The normalized spacial score (nSPS) is 11.9. The van der Waals surface area contributed by atoms with Crippen LogP contribution in [-0.2, 0) is 9.59 Å². The van der Waals surface area contributed by atoms with Gasteiger partial charge < -0.3 is 10.4 Å². The maximum absolute atomic E-state index is 11.9. The molecule has 20 heavy (non-hydrogen) atoms. The molecule has 2 N–H and O–H groups in total. The number of unbranched alkanes of at least 4 members (excludes halogenated alkanes) is 2. The molecule has 110 valence electrons. The summed E-state index contributed by atoms with van der Waals surface area (Å²) in [6.07, 6.45) is 2.43. The van der Waals surface area contributed by atoms with E-state index in [-0.39, 0.29) is 18.2 Å². The minimum Gasteiger partial charge on any atom is -0.481 e. The summed E-state index contributed by atoms with van der Waals surface area (Å²) >= 11 is 5.90. The molecular formula is C15H20ClNO3. The van der Waals surface area contributed by atoms with Crippen molar-refractivity contribution in [2.45, 2.75) is 38.5 Å². The Balaban J connectivity index is 2.27. The van der Waals surface area contributed by atoms with Gasteiger partial charge in [0.15, 0.2) is 0 Å². The predicted molar refractivity (Wildman–Crippen MR) is 79.0 cm³/mol. The van der Waals surface area contributed by atoms with Crippen molar-refractivity contribution < 1.29 is 14.7 Å².